The molecule has 1 aromatic heterocycles. The Balaban J connectivity index is 2.19. The standard InChI is InChI=1S/C15H21ClN4O2/c1-15(2,3)12-7-18-14(10-20(21)22)19(9-12)8-11-4-5-13(16)17-6-11/h4-6,10,12,18H,7-9H2,1-3H3/b14-10-. The number of hydrogen-bond donors (Lipinski definition) is 1. The van der Waals surface area contributed by atoms with Gasteiger partial charge in [0.1, 0.15) is 5.15 Å². The highest BCUT2D eigenvalue weighted by Crippen LogP contribution is 2.30. The van der Waals surface area contributed by atoms with E-state index >= 15 is 0 Å². The topological polar surface area (TPSA) is 71.3 Å². The molecule has 1 atom stereocenters. The molecule has 22 heavy (non-hydrogen) atoms. The second-order valence-corrected chi connectivity index (χ2v) is 7.00. The van der Waals surface area contributed by atoms with Crippen molar-refractivity contribution < 1.29 is 4.92 Å². The molecule has 6 nitrogen and oxygen atoms in total. The van der Waals surface area contributed by atoms with Gasteiger partial charge in [-0.05, 0) is 23.0 Å². The molecular weight excluding hydrogens is 304 g/mol. The van der Waals surface area contributed by atoms with Gasteiger partial charge in [-0.2, -0.15) is 0 Å². The Morgan fingerprint density at radius 1 is 1.55 bits per heavy atom. The smallest absolute Gasteiger partial charge is 0.274 e. The molecule has 120 valence electrons. The Morgan fingerprint density at radius 3 is 2.82 bits per heavy atom. The van der Waals surface area contributed by atoms with Gasteiger partial charge < -0.3 is 10.2 Å². The second-order valence-electron chi connectivity index (χ2n) is 6.61. The average molecular weight is 325 g/mol. The molecule has 1 aliphatic rings. The fourth-order valence-electron chi connectivity index (χ4n) is 2.45. The van der Waals surface area contributed by atoms with Crippen LogP contribution in [0.4, 0.5) is 0 Å². The quantitative estimate of drug-likeness (QED) is 0.526. The van der Waals surface area contributed by atoms with E-state index in [2.05, 4.69) is 31.1 Å². The van der Waals surface area contributed by atoms with Gasteiger partial charge >= 0.3 is 0 Å². The highest BCUT2D eigenvalue weighted by Gasteiger charge is 2.32. The van der Waals surface area contributed by atoms with E-state index in [1.54, 1.807) is 12.3 Å². The lowest BCUT2D eigenvalue weighted by Crippen LogP contribution is -2.49. The SMILES string of the molecule is CC(C)(C)C1CN/C(=C/[N+](=O)[O-])N(Cc2ccc(Cl)nc2)C1. The molecule has 1 unspecified atom stereocenters. The number of hydrogen-bond acceptors (Lipinski definition) is 5. The predicted molar refractivity (Wildman–Crippen MR) is 85.7 cm³/mol. The summed E-state index contributed by atoms with van der Waals surface area (Å²) in [6, 6.07) is 3.62. The summed E-state index contributed by atoms with van der Waals surface area (Å²) in [5, 5.41) is 14.4. The average Bonchev–Trinajstić information content (AvgIpc) is 2.41. The lowest BCUT2D eigenvalue weighted by Gasteiger charge is -2.41. The van der Waals surface area contributed by atoms with Crippen LogP contribution in [0.2, 0.25) is 5.15 Å². The molecule has 1 aliphatic heterocycles. The van der Waals surface area contributed by atoms with Gasteiger partial charge in [-0.1, -0.05) is 38.4 Å². The summed E-state index contributed by atoms with van der Waals surface area (Å²) in [4.78, 5) is 16.5. The van der Waals surface area contributed by atoms with Crippen LogP contribution in [0.3, 0.4) is 0 Å². The first kappa shape index (κ1) is 16.5. The van der Waals surface area contributed by atoms with E-state index in [0.717, 1.165) is 24.9 Å². The Bertz CT molecular complexity index is 566. The largest absolute Gasteiger partial charge is 0.366 e. The maximum atomic E-state index is 10.8. The van der Waals surface area contributed by atoms with Crippen molar-refractivity contribution in [1.29, 1.82) is 0 Å². The number of halogens is 1. The van der Waals surface area contributed by atoms with Crippen molar-refractivity contribution >= 4 is 11.6 Å². The summed E-state index contributed by atoms with van der Waals surface area (Å²) in [5.74, 6) is 0.942. The Kier molecular flexibility index (Phi) is 4.90. The summed E-state index contributed by atoms with van der Waals surface area (Å²) in [6.07, 6.45) is 2.73. The molecule has 0 saturated carbocycles. The summed E-state index contributed by atoms with van der Waals surface area (Å²) in [7, 11) is 0. The molecule has 0 aliphatic carbocycles. The zero-order valence-electron chi connectivity index (χ0n) is 13.0. The molecule has 7 heteroatoms. The summed E-state index contributed by atoms with van der Waals surface area (Å²) >= 11 is 5.80. The normalized spacial score (nSPS) is 20.8. The van der Waals surface area contributed by atoms with Crippen LogP contribution in [-0.4, -0.2) is 27.9 Å². The summed E-state index contributed by atoms with van der Waals surface area (Å²) in [6.45, 7) is 8.61. The van der Waals surface area contributed by atoms with Crippen LogP contribution in [0.1, 0.15) is 26.3 Å². The van der Waals surface area contributed by atoms with E-state index in [4.69, 9.17) is 11.6 Å². The van der Waals surface area contributed by atoms with Gasteiger partial charge in [-0.3, -0.25) is 10.1 Å². The maximum Gasteiger partial charge on any atom is 0.274 e. The second kappa shape index (κ2) is 6.52. The third kappa shape index (κ3) is 4.34. The van der Waals surface area contributed by atoms with Gasteiger partial charge in [0.25, 0.3) is 6.20 Å². The number of aromatic nitrogens is 1. The van der Waals surface area contributed by atoms with Crippen LogP contribution in [-0.2, 0) is 6.54 Å². The molecule has 2 rings (SSSR count). The van der Waals surface area contributed by atoms with E-state index in [9.17, 15) is 10.1 Å². The third-order valence-corrected chi connectivity index (χ3v) is 4.15. The highest BCUT2D eigenvalue weighted by molar-refractivity contribution is 6.29. The van der Waals surface area contributed by atoms with Gasteiger partial charge in [-0.15, -0.1) is 0 Å². The fraction of sp³-hybridized carbons (Fsp3) is 0.533. The van der Waals surface area contributed by atoms with Crippen LogP contribution in [0.15, 0.2) is 30.4 Å². The van der Waals surface area contributed by atoms with Crippen molar-refractivity contribution in [3.8, 4) is 0 Å². The lowest BCUT2D eigenvalue weighted by atomic mass is 9.79. The molecule has 1 N–H and O–H groups in total. The van der Waals surface area contributed by atoms with E-state index in [0.29, 0.717) is 23.4 Å². The number of nitrogens with zero attached hydrogens (tertiary/aromatic N) is 3. The van der Waals surface area contributed by atoms with E-state index in [1.165, 1.54) is 0 Å². The number of nitrogens with one attached hydrogen (secondary N) is 1. The molecule has 2 heterocycles. The number of pyridine rings is 1. The minimum Gasteiger partial charge on any atom is -0.366 e. The van der Waals surface area contributed by atoms with Crippen molar-refractivity contribution in [2.75, 3.05) is 13.1 Å². The minimum absolute atomic E-state index is 0.129. The van der Waals surface area contributed by atoms with E-state index in [-0.39, 0.29) is 5.41 Å². The van der Waals surface area contributed by atoms with Gasteiger partial charge in [0.05, 0.1) is 4.92 Å². The molecule has 0 aromatic carbocycles. The number of nitro groups is 1. The number of rotatable bonds is 3. The lowest BCUT2D eigenvalue weighted by molar-refractivity contribution is -0.405. The molecule has 1 aromatic rings. The molecule has 0 bridgehead atoms. The van der Waals surface area contributed by atoms with Gasteiger partial charge in [0.15, 0.2) is 5.82 Å². The van der Waals surface area contributed by atoms with Crippen molar-refractivity contribution in [1.82, 2.24) is 15.2 Å². The summed E-state index contributed by atoms with van der Waals surface area (Å²) in [5.41, 5.74) is 1.10. The van der Waals surface area contributed by atoms with E-state index in [1.807, 2.05) is 11.0 Å². The van der Waals surface area contributed by atoms with Crippen molar-refractivity contribution in [3.05, 3.63) is 51.2 Å². The molecular formula is C15H21ClN4O2. The molecule has 0 radical (unpaired) electrons. The molecule has 0 spiro atoms. The molecule has 1 fully saturated rings. The molecule has 0 amide bonds. The van der Waals surface area contributed by atoms with Gasteiger partial charge in [-0.25, -0.2) is 4.98 Å². The Labute approximate surface area is 135 Å². The zero-order chi connectivity index (χ0) is 16.3. The highest BCUT2D eigenvalue weighted by atomic mass is 35.5. The third-order valence-electron chi connectivity index (χ3n) is 3.93. The predicted octanol–water partition coefficient (Wildman–Crippen LogP) is 2.88. The minimum atomic E-state index is -0.424. The van der Waals surface area contributed by atoms with Crippen LogP contribution >= 0.6 is 11.6 Å². The molecule has 1 saturated heterocycles. The van der Waals surface area contributed by atoms with E-state index < -0.39 is 4.92 Å². The first-order chi connectivity index (χ1) is 10.3. The first-order valence-corrected chi connectivity index (χ1v) is 7.58. The van der Waals surface area contributed by atoms with Crippen LogP contribution in [0.5, 0.6) is 0 Å². The van der Waals surface area contributed by atoms with Gasteiger partial charge in [0.2, 0.25) is 0 Å². The summed E-state index contributed by atoms with van der Waals surface area (Å²) < 4.78 is 0. The van der Waals surface area contributed by atoms with Gasteiger partial charge in [0, 0.05) is 25.8 Å². The zero-order valence-corrected chi connectivity index (χ0v) is 13.8. The van der Waals surface area contributed by atoms with Crippen LogP contribution in [0, 0.1) is 21.4 Å². The van der Waals surface area contributed by atoms with Crippen molar-refractivity contribution in [2.45, 2.75) is 27.3 Å². The Morgan fingerprint density at radius 2 is 2.27 bits per heavy atom. The van der Waals surface area contributed by atoms with Crippen molar-refractivity contribution in [3.63, 3.8) is 0 Å². The van der Waals surface area contributed by atoms with Crippen LogP contribution < -0.4 is 5.32 Å². The first-order valence-electron chi connectivity index (χ1n) is 7.20. The monoisotopic (exact) mass is 324 g/mol. The van der Waals surface area contributed by atoms with Crippen LogP contribution in [0.25, 0.3) is 0 Å². The maximum absolute atomic E-state index is 10.8. The fourth-order valence-corrected chi connectivity index (χ4v) is 2.56. The van der Waals surface area contributed by atoms with Crippen molar-refractivity contribution in [2.24, 2.45) is 11.3 Å². The Hall–Kier alpha value is -1.82.